The number of nitrogens with one attached hydrogen (secondary N) is 2. The molecule has 2 aliphatic heterocycles. The van der Waals surface area contributed by atoms with E-state index in [2.05, 4.69) is 27.5 Å². The van der Waals surface area contributed by atoms with Crippen molar-refractivity contribution < 1.29 is 27.6 Å². The second-order valence-corrected chi connectivity index (χ2v) is 11.5. The number of amides is 3. The third kappa shape index (κ3) is 8.26. The van der Waals surface area contributed by atoms with Gasteiger partial charge in [0.05, 0.1) is 11.5 Å². The molecule has 2 N–H and O–H groups in total. The van der Waals surface area contributed by atoms with Crippen molar-refractivity contribution in [3.63, 3.8) is 0 Å². The average molecular weight is 581 g/mol. The first-order valence-corrected chi connectivity index (χ1v) is 14.1. The van der Waals surface area contributed by atoms with Gasteiger partial charge in [0.1, 0.15) is 6.54 Å². The molecule has 2 aromatic rings. The molecule has 0 aliphatic carbocycles. The number of piperazine rings is 1. The lowest BCUT2D eigenvalue weighted by Gasteiger charge is -2.37. The lowest BCUT2D eigenvalue weighted by Crippen LogP contribution is -2.53. The van der Waals surface area contributed by atoms with Gasteiger partial charge in [-0.3, -0.25) is 19.3 Å². The zero-order chi connectivity index (χ0) is 28.9. The van der Waals surface area contributed by atoms with Crippen LogP contribution in [-0.2, 0) is 14.4 Å². The molecule has 2 aliphatic rings. The predicted molar refractivity (Wildman–Crippen MR) is 149 cm³/mol. The van der Waals surface area contributed by atoms with Crippen LogP contribution in [0.5, 0.6) is 0 Å². The Morgan fingerprint density at radius 1 is 0.875 bits per heavy atom. The van der Waals surface area contributed by atoms with Crippen molar-refractivity contribution in [1.82, 2.24) is 19.6 Å². The van der Waals surface area contributed by atoms with Gasteiger partial charge in [0.15, 0.2) is 0 Å². The molecule has 13 heteroatoms. The van der Waals surface area contributed by atoms with Gasteiger partial charge in [0.2, 0.25) is 11.8 Å². The highest BCUT2D eigenvalue weighted by molar-refractivity contribution is 7.19. The number of likely N-dealkylation sites (N-methyl/N-ethyl adjacent to an activating group) is 1. The Labute approximate surface area is 235 Å². The van der Waals surface area contributed by atoms with Gasteiger partial charge in [-0.05, 0) is 69.9 Å². The number of likely N-dealkylation sites (tertiary alicyclic amines) is 1. The number of rotatable bonds is 8. The summed E-state index contributed by atoms with van der Waals surface area (Å²) in [6, 6.07) is 10.1. The smallest absolute Gasteiger partial charge is 0.325 e. The summed E-state index contributed by atoms with van der Waals surface area (Å²) in [4.78, 5) is 45.0. The van der Waals surface area contributed by atoms with E-state index in [1.165, 1.54) is 11.3 Å². The van der Waals surface area contributed by atoms with Gasteiger partial charge in [0, 0.05) is 42.8 Å². The first-order valence-electron chi connectivity index (χ1n) is 13.2. The number of thiophene rings is 1. The van der Waals surface area contributed by atoms with E-state index < -0.39 is 30.6 Å². The number of alkyl halides is 3. The number of hydrogen-bond donors (Lipinski definition) is 2. The van der Waals surface area contributed by atoms with Crippen LogP contribution >= 0.6 is 11.3 Å². The van der Waals surface area contributed by atoms with Gasteiger partial charge >= 0.3 is 12.1 Å². The molecule has 0 bridgehead atoms. The van der Waals surface area contributed by atoms with Gasteiger partial charge < -0.3 is 25.3 Å². The predicted octanol–water partition coefficient (Wildman–Crippen LogP) is 3.02. The molecular formula is C27H35F3N6O3S. The van der Waals surface area contributed by atoms with Crippen LogP contribution in [0.4, 0.5) is 23.9 Å². The molecular weight excluding hydrogens is 545 g/mol. The van der Waals surface area contributed by atoms with Crippen LogP contribution in [0.15, 0.2) is 36.4 Å². The number of anilines is 2. The monoisotopic (exact) mass is 580 g/mol. The van der Waals surface area contributed by atoms with Gasteiger partial charge in [-0.25, -0.2) is 0 Å². The van der Waals surface area contributed by atoms with E-state index in [-0.39, 0.29) is 5.91 Å². The highest BCUT2D eigenvalue weighted by atomic mass is 32.1. The summed E-state index contributed by atoms with van der Waals surface area (Å²) in [5.41, 5.74) is 1.54. The minimum absolute atomic E-state index is 0.0725. The number of hydrogen-bond acceptors (Lipinski definition) is 7. The second kappa shape index (κ2) is 13.1. The van der Waals surface area contributed by atoms with Crippen molar-refractivity contribution in [3.05, 3.63) is 36.4 Å². The molecule has 0 unspecified atom stereocenters. The Morgan fingerprint density at radius 2 is 1.50 bits per heavy atom. The number of halogens is 3. The highest BCUT2D eigenvalue weighted by Crippen LogP contribution is 2.32. The van der Waals surface area contributed by atoms with Crippen LogP contribution in [0, 0.1) is 0 Å². The van der Waals surface area contributed by atoms with E-state index in [4.69, 9.17) is 0 Å². The Bertz CT molecular complexity index is 1170. The fraction of sp³-hybridized carbons (Fsp3) is 0.519. The maximum Gasteiger partial charge on any atom is 0.471 e. The number of benzene rings is 1. The Kier molecular flexibility index (Phi) is 9.82. The molecule has 218 valence electrons. The summed E-state index contributed by atoms with van der Waals surface area (Å²) in [6.07, 6.45) is -4.29. The normalized spacial score (nSPS) is 17.9. The van der Waals surface area contributed by atoms with Crippen LogP contribution < -0.4 is 10.6 Å². The lowest BCUT2D eigenvalue weighted by molar-refractivity contribution is -0.188. The van der Waals surface area contributed by atoms with E-state index in [9.17, 15) is 27.6 Å². The summed E-state index contributed by atoms with van der Waals surface area (Å²) in [7, 11) is 3.93. The topological polar surface area (TPSA) is 88.2 Å². The van der Waals surface area contributed by atoms with Crippen molar-refractivity contribution in [2.75, 3.05) is 77.1 Å². The van der Waals surface area contributed by atoms with Crippen LogP contribution in [0.25, 0.3) is 10.4 Å². The minimum atomic E-state index is -5.05. The van der Waals surface area contributed by atoms with Gasteiger partial charge in [-0.2, -0.15) is 13.2 Å². The molecule has 4 rings (SSSR count). The number of piperidine rings is 1. The highest BCUT2D eigenvalue weighted by Gasteiger charge is 2.45. The molecule has 0 spiro atoms. The molecule has 9 nitrogen and oxygen atoms in total. The molecule has 40 heavy (non-hydrogen) atoms. The largest absolute Gasteiger partial charge is 0.471 e. The van der Waals surface area contributed by atoms with Gasteiger partial charge in [0.25, 0.3) is 0 Å². The van der Waals surface area contributed by atoms with Crippen molar-refractivity contribution in [3.8, 4) is 10.4 Å². The minimum Gasteiger partial charge on any atom is -0.325 e. The number of nitrogens with zero attached hydrogens (tertiary/aromatic N) is 4. The van der Waals surface area contributed by atoms with Crippen LogP contribution in [0.3, 0.4) is 0 Å². The van der Waals surface area contributed by atoms with Crippen LogP contribution in [-0.4, -0.2) is 116 Å². The summed E-state index contributed by atoms with van der Waals surface area (Å²) in [5, 5.41) is 6.02. The fourth-order valence-corrected chi connectivity index (χ4v) is 5.78. The molecule has 0 saturated carbocycles. The maximum atomic E-state index is 13.3. The Hall–Kier alpha value is -3.00. The zero-order valence-corrected chi connectivity index (χ0v) is 23.5. The molecule has 0 radical (unpaired) electrons. The molecule has 2 saturated heterocycles. The number of carbonyl (C=O) groups is 3. The number of carbonyl (C=O) groups excluding carboxylic acids is 3. The van der Waals surface area contributed by atoms with Crippen molar-refractivity contribution >= 4 is 39.7 Å². The molecule has 1 aromatic heterocycles. The molecule has 3 amide bonds. The molecule has 3 heterocycles. The standard InChI is InChI=1S/C27H35F3N6O3S/c1-33-11-9-21(10-12-33)36(26(39)27(28,29)30)18-24(38)32-25-8-7-22(40-25)19-3-5-20(6-4-19)31-23(37)17-35-15-13-34(2)14-16-35/h3-8,21H,9-18H2,1-2H3,(H,31,37)(H,32,38). The van der Waals surface area contributed by atoms with E-state index >= 15 is 0 Å². The average Bonchev–Trinajstić information content (AvgIpc) is 3.37. The quantitative estimate of drug-likeness (QED) is 0.499. The Morgan fingerprint density at radius 3 is 2.12 bits per heavy atom. The SMILES string of the molecule is CN1CCC(N(CC(=O)Nc2ccc(-c3ccc(NC(=O)CN4CCN(C)CC4)cc3)s2)C(=O)C(F)(F)F)CC1. The van der Waals surface area contributed by atoms with Crippen molar-refractivity contribution in [1.29, 1.82) is 0 Å². The third-order valence-corrected chi connectivity index (χ3v) is 8.28. The molecule has 0 atom stereocenters. The van der Waals surface area contributed by atoms with Gasteiger partial charge in [-0.15, -0.1) is 11.3 Å². The third-order valence-electron chi connectivity index (χ3n) is 7.23. The molecule has 2 fully saturated rings. The summed E-state index contributed by atoms with van der Waals surface area (Å²) >= 11 is 1.27. The van der Waals surface area contributed by atoms with Crippen molar-refractivity contribution in [2.45, 2.75) is 25.1 Å². The van der Waals surface area contributed by atoms with Crippen LogP contribution in [0.2, 0.25) is 0 Å². The summed E-state index contributed by atoms with van der Waals surface area (Å²) in [5.74, 6) is -2.74. The van der Waals surface area contributed by atoms with E-state index in [0.717, 1.165) is 36.6 Å². The Balaban J connectivity index is 1.32. The molecule has 1 aromatic carbocycles. The first kappa shape index (κ1) is 30.0. The van der Waals surface area contributed by atoms with Crippen LogP contribution in [0.1, 0.15) is 12.8 Å². The van der Waals surface area contributed by atoms with E-state index in [0.29, 0.717) is 48.1 Å². The summed E-state index contributed by atoms with van der Waals surface area (Å²) < 4.78 is 39.8. The van der Waals surface area contributed by atoms with Crippen molar-refractivity contribution in [2.24, 2.45) is 0 Å². The summed E-state index contributed by atoms with van der Waals surface area (Å²) in [6.45, 7) is 4.38. The maximum absolute atomic E-state index is 13.3. The van der Waals surface area contributed by atoms with E-state index in [1.807, 2.05) is 24.1 Å². The zero-order valence-electron chi connectivity index (χ0n) is 22.7. The van der Waals surface area contributed by atoms with Gasteiger partial charge in [-0.1, -0.05) is 12.1 Å². The van der Waals surface area contributed by atoms with E-state index in [1.54, 1.807) is 24.3 Å². The lowest BCUT2D eigenvalue weighted by atomic mass is 10.0. The first-order chi connectivity index (χ1) is 19.0. The second-order valence-electron chi connectivity index (χ2n) is 10.4. The fourth-order valence-electron chi connectivity index (χ4n) is 4.86.